The van der Waals surface area contributed by atoms with Crippen molar-refractivity contribution in [2.45, 2.75) is 13.5 Å². The van der Waals surface area contributed by atoms with Gasteiger partial charge < -0.3 is 9.15 Å². The summed E-state index contributed by atoms with van der Waals surface area (Å²) in [6.45, 7) is 2.11. The number of nitrogens with zero attached hydrogens (tertiary/aromatic N) is 5. The Hall–Kier alpha value is -3.79. The van der Waals surface area contributed by atoms with Gasteiger partial charge in [0.05, 0.1) is 12.8 Å². The Morgan fingerprint density at radius 2 is 2.07 bits per heavy atom. The average Bonchev–Trinajstić information content (AvgIpc) is 3.50. The first-order valence-corrected chi connectivity index (χ1v) is 9.93. The van der Waals surface area contributed by atoms with Crippen LogP contribution in [0.4, 0.5) is 0 Å². The molecule has 0 unspecified atom stereocenters. The van der Waals surface area contributed by atoms with Gasteiger partial charge in [0.2, 0.25) is 0 Å². The van der Waals surface area contributed by atoms with E-state index in [0.29, 0.717) is 11.6 Å². The summed E-state index contributed by atoms with van der Waals surface area (Å²) in [5, 5.41) is 13.5. The Bertz CT molecular complexity index is 1220. The third-order valence-electron chi connectivity index (χ3n) is 4.29. The fourth-order valence-electron chi connectivity index (χ4n) is 2.81. The summed E-state index contributed by atoms with van der Waals surface area (Å²) >= 11 is 1.11. The lowest BCUT2D eigenvalue weighted by Crippen LogP contribution is -2.21. The van der Waals surface area contributed by atoms with Crippen LogP contribution in [0.25, 0.3) is 23.2 Å². The van der Waals surface area contributed by atoms with Crippen LogP contribution in [0.15, 0.2) is 63.3 Å². The maximum Gasteiger partial charge on any atom is 0.357 e. The highest BCUT2D eigenvalue weighted by atomic mass is 32.1. The minimum atomic E-state index is -0.642. The summed E-state index contributed by atoms with van der Waals surface area (Å²) in [6.07, 6.45) is 3.01. The molecule has 9 nitrogen and oxygen atoms in total. The van der Waals surface area contributed by atoms with Gasteiger partial charge in [0.15, 0.2) is 11.5 Å². The molecule has 10 heteroatoms. The zero-order chi connectivity index (χ0) is 20.9. The number of aryl methyl sites for hydroxylation is 1. The van der Waals surface area contributed by atoms with Gasteiger partial charge >= 0.3 is 10.8 Å². The number of ether oxygens (including phenoxy) is 1. The average molecular weight is 423 g/mol. The fourth-order valence-corrected chi connectivity index (χ4v) is 3.57. The van der Waals surface area contributed by atoms with Crippen molar-refractivity contribution in [3.8, 4) is 11.4 Å². The topological polar surface area (TPSA) is 105 Å². The molecule has 0 aliphatic rings. The van der Waals surface area contributed by atoms with Crippen molar-refractivity contribution in [3.05, 3.63) is 75.2 Å². The van der Waals surface area contributed by atoms with E-state index in [1.165, 1.54) is 17.0 Å². The van der Waals surface area contributed by atoms with Crippen molar-refractivity contribution in [2.75, 3.05) is 6.61 Å². The number of carbonyl (C=O) groups excluding carboxylic acids is 1. The molecule has 30 heavy (non-hydrogen) atoms. The van der Waals surface area contributed by atoms with Crippen LogP contribution < -0.4 is 4.87 Å². The number of hydrogen-bond donors (Lipinski definition) is 0. The van der Waals surface area contributed by atoms with Crippen LogP contribution in [-0.2, 0) is 16.1 Å². The van der Waals surface area contributed by atoms with Gasteiger partial charge in [0, 0.05) is 22.7 Å². The molecule has 0 N–H and O–H groups in total. The normalized spacial score (nSPS) is 11.6. The number of benzene rings is 1. The number of tetrazole rings is 1. The first-order chi connectivity index (χ1) is 14.6. The summed E-state index contributed by atoms with van der Waals surface area (Å²) in [5.41, 5.74) is 1.64. The second kappa shape index (κ2) is 8.70. The first-order valence-electron chi connectivity index (χ1n) is 9.05. The van der Waals surface area contributed by atoms with E-state index < -0.39 is 5.97 Å². The molecule has 0 radical (unpaired) electrons. The molecule has 4 rings (SSSR count). The number of furan rings is 1. The van der Waals surface area contributed by atoms with Crippen LogP contribution in [0.2, 0.25) is 0 Å². The van der Waals surface area contributed by atoms with Crippen LogP contribution in [0.1, 0.15) is 11.5 Å². The molecular weight excluding hydrogens is 406 g/mol. The van der Waals surface area contributed by atoms with Crippen molar-refractivity contribution in [1.29, 1.82) is 0 Å². The maximum absolute atomic E-state index is 12.9. The lowest BCUT2D eigenvalue weighted by molar-refractivity contribution is -0.137. The van der Waals surface area contributed by atoms with Crippen molar-refractivity contribution in [3.63, 3.8) is 0 Å². The molecule has 152 valence electrons. The van der Waals surface area contributed by atoms with Gasteiger partial charge in [-0.3, -0.25) is 9.36 Å². The molecule has 0 bridgehead atoms. The smallest absolute Gasteiger partial charge is 0.357 e. The molecular formula is C20H17N5O4S. The highest BCUT2D eigenvalue weighted by Gasteiger charge is 2.21. The van der Waals surface area contributed by atoms with Gasteiger partial charge in [-0.05, 0) is 29.5 Å². The summed E-state index contributed by atoms with van der Waals surface area (Å²) in [6, 6.07) is 12.7. The van der Waals surface area contributed by atoms with E-state index in [9.17, 15) is 9.59 Å². The molecule has 0 saturated carbocycles. The number of esters is 1. The van der Waals surface area contributed by atoms with E-state index >= 15 is 0 Å². The third-order valence-corrected chi connectivity index (χ3v) is 5.17. The van der Waals surface area contributed by atoms with E-state index in [1.54, 1.807) is 22.1 Å². The van der Waals surface area contributed by atoms with E-state index in [4.69, 9.17) is 9.15 Å². The lowest BCUT2D eigenvalue weighted by Gasteiger charge is -2.10. The highest BCUT2D eigenvalue weighted by molar-refractivity contribution is 7.07. The fraction of sp³-hybridized carbons (Fsp3) is 0.150. The zero-order valence-electron chi connectivity index (χ0n) is 16.0. The summed E-state index contributed by atoms with van der Waals surface area (Å²) in [5.74, 6) is 0.188. The molecule has 0 atom stereocenters. The molecule has 0 spiro atoms. The Morgan fingerprint density at radius 3 is 2.77 bits per heavy atom. The second-order valence-electron chi connectivity index (χ2n) is 6.26. The molecule has 3 aromatic heterocycles. The molecule has 0 aliphatic heterocycles. The van der Waals surface area contributed by atoms with Gasteiger partial charge in [0.1, 0.15) is 12.4 Å². The monoisotopic (exact) mass is 423 g/mol. The second-order valence-corrected chi connectivity index (χ2v) is 7.08. The van der Waals surface area contributed by atoms with E-state index in [2.05, 4.69) is 15.5 Å². The minimum absolute atomic E-state index is 0.0224. The number of rotatable bonds is 7. The Morgan fingerprint density at radius 1 is 1.23 bits per heavy atom. The van der Waals surface area contributed by atoms with Gasteiger partial charge in [-0.1, -0.05) is 41.7 Å². The minimum Gasteiger partial charge on any atom is -0.465 e. The quantitative estimate of drug-likeness (QED) is 0.332. The molecule has 4 aromatic rings. The van der Waals surface area contributed by atoms with Gasteiger partial charge in [-0.25, -0.2) is 4.79 Å². The molecule has 0 aliphatic carbocycles. The SMILES string of the molecule is Cc1csc(=O)n1CCOC(=O)/C(=C/c1ccco1)n1nnnc1-c1ccccc1. The van der Waals surface area contributed by atoms with Gasteiger partial charge in [-0.15, -0.1) is 5.10 Å². The summed E-state index contributed by atoms with van der Waals surface area (Å²) < 4.78 is 13.6. The van der Waals surface area contributed by atoms with Crippen LogP contribution in [0.3, 0.4) is 0 Å². The van der Waals surface area contributed by atoms with E-state index in [-0.39, 0.29) is 23.7 Å². The first kappa shape index (κ1) is 19.5. The highest BCUT2D eigenvalue weighted by Crippen LogP contribution is 2.21. The predicted molar refractivity (Wildman–Crippen MR) is 110 cm³/mol. The van der Waals surface area contributed by atoms with Crippen LogP contribution in [0.5, 0.6) is 0 Å². The largest absolute Gasteiger partial charge is 0.465 e. The Labute approximate surface area is 174 Å². The number of thiazole rings is 1. The van der Waals surface area contributed by atoms with Crippen LogP contribution in [-0.4, -0.2) is 37.4 Å². The Balaban J connectivity index is 1.61. The number of hydrogen-bond acceptors (Lipinski definition) is 8. The predicted octanol–water partition coefficient (Wildman–Crippen LogP) is 2.71. The van der Waals surface area contributed by atoms with E-state index in [1.807, 2.05) is 37.3 Å². The number of aromatic nitrogens is 5. The molecule has 0 fully saturated rings. The van der Waals surface area contributed by atoms with Crippen molar-refractivity contribution in [2.24, 2.45) is 0 Å². The molecule has 3 heterocycles. The maximum atomic E-state index is 12.9. The summed E-state index contributed by atoms with van der Waals surface area (Å²) in [7, 11) is 0. The molecule has 0 amide bonds. The van der Waals surface area contributed by atoms with Crippen LogP contribution in [0, 0.1) is 6.92 Å². The standard InChI is InChI=1S/C20H17N5O4S/c1-14-13-30-20(27)24(14)9-11-29-19(26)17(12-16-8-5-10-28-16)25-18(21-22-23-25)15-6-3-2-4-7-15/h2-8,10,12-13H,9,11H2,1H3/b17-12-. The van der Waals surface area contributed by atoms with Crippen molar-refractivity contribution < 1.29 is 13.9 Å². The van der Waals surface area contributed by atoms with Gasteiger partial charge in [0.25, 0.3) is 0 Å². The zero-order valence-corrected chi connectivity index (χ0v) is 16.8. The van der Waals surface area contributed by atoms with Crippen LogP contribution >= 0.6 is 11.3 Å². The van der Waals surface area contributed by atoms with E-state index in [0.717, 1.165) is 22.6 Å². The lowest BCUT2D eigenvalue weighted by atomic mass is 10.2. The molecule has 1 aromatic carbocycles. The van der Waals surface area contributed by atoms with Gasteiger partial charge in [-0.2, -0.15) is 4.68 Å². The Kier molecular flexibility index (Phi) is 5.66. The summed E-state index contributed by atoms with van der Waals surface area (Å²) in [4.78, 5) is 24.7. The molecule has 0 saturated heterocycles. The van der Waals surface area contributed by atoms with Crippen molar-refractivity contribution in [1.82, 2.24) is 24.8 Å². The number of carbonyl (C=O) groups is 1. The van der Waals surface area contributed by atoms with Crippen molar-refractivity contribution >= 4 is 29.1 Å². The third kappa shape index (κ3) is 4.13.